The van der Waals surface area contributed by atoms with Crippen LogP contribution in [0.2, 0.25) is 5.02 Å². The van der Waals surface area contributed by atoms with Crippen LogP contribution in [0.25, 0.3) is 6.08 Å². The number of halogens is 2. The minimum absolute atomic E-state index is 0.0734. The van der Waals surface area contributed by atoms with Gasteiger partial charge in [-0.2, -0.15) is 0 Å². The van der Waals surface area contributed by atoms with E-state index in [1.807, 2.05) is 19.1 Å². The predicted molar refractivity (Wildman–Crippen MR) is 146 cm³/mol. The SMILES string of the molecule is CCOc1cc(/C=C2/SC(=O)N(Cc3c(F)cccc3Cl)C2=O)ccc1OCC(=O)Nc1ccc(C)cc1. The van der Waals surface area contributed by atoms with Crippen LogP contribution in [0, 0.1) is 12.7 Å². The van der Waals surface area contributed by atoms with Gasteiger partial charge >= 0.3 is 0 Å². The van der Waals surface area contributed by atoms with Crippen LogP contribution in [-0.2, 0) is 16.1 Å². The van der Waals surface area contributed by atoms with Gasteiger partial charge in [-0.3, -0.25) is 19.3 Å². The number of hydrogen-bond donors (Lipinski definition) is 1. The average molecular weight is 555 g/mol. The Balaban J connectivity index is 1.46. The van der Waals surface area contributed by atoms with E-state index in [0.717, 1.165) is 22.2 Å². The van der Waals surface area contributed by atoms with Crippen molar-refractivity contribution >= 4 is 52.2 Å². The summed E-state index contributed by atoms with van der Waals surface area (Å²) in [6.45, 7) is 3.61. The van der Waals surface area contributed by atoms with Crippen LogP contribution in [0.5, 0.6) is 11.5 Å². The normalized spacial score (nSPS) is 14.2. The van der Waals surface area contributed by atoms with E-state index in [1.54, 1.807) is 43.3 Å². The number of imide groups is 1. The molecule has 0 unspecified atom stereocenters. The maximum Gasteiger partial charge on any atom is 0.293 e. The number of hydrogen-bond acceptors (Lipinski definition) is 6. The van der Waals surface area contributed by atoms with Crippen LogP contribution in [0.15, 0.2) is 65.6 Å². The van der Waals surface area contributed by atoms with Gasteiger partial charge in [-0.05, 0) is 73.6 Å². The predicted octanol–water partition coefficient (Wildman–Crippen LogP) is 6.44. The van der Waals surface area contributed by atoms with E-state index in [9.17, 15) is 18.8 Å². The molecule has 0 saturated carbocycles. The Hall–Kier alpha value is -3.82. The number of carbonyl (C=O) groups excluding carboxylic acids is 3. The highest BCUT2D eigenvalue weighted by Gasteiger charge is 2.36. The minimum Gasteiger partial charge on any atom is -0.490 e. The Morgan fingerprint density at radius 3 is 2.55 bits per heavy atom. The number of aryl methyl sites for hydroxylation is 1. The lowest BCUT2D eigenvalue weighted by Crippen LogP contribution is -2.28. The van der Waals surface area contributed by atoms with E-state index in [2.05, 4.69) is 5.32 Å². The highest BCUT2D eigenvalue weighted by atomic mass is 35.5. The summed E-state index contributed by atoms with van der Waals surface area (Å²) in [6.07, 6.45) is 1.55. The first-order chi connectivity index (χ1) is 18.2. The van der Waals surface area contributed by atoms with Crippen LogP contribution in [0.3, 0.4) is 0 Å². The summed E-state index contributed by atoms with van der Waals surface area (Å²) in [5.74, 6) is -0.744. The molecule has 1 heterocycles. The van der Waals surface area contributed by atoms with Crippen molar-refractivity contribution in [2.75, 3.05) is 18.5 Å². The third-order valence-electron chi connectivity index (χ3n) is 5.51. The molecule has 0 atom stereocenters. The van der Waals surface area contributed by atoms with Gasteiger partial charge in [-0.1, -0.05) is 41.4 Å². The van der Waals surface area contributed by atoms with Gasteiger partial charge in [-0.25, -0.2) is 4.39 Å². The molecule has 38 heavy (non-hydrogen) atoms. The van der Waals surface area contributed by atoms with Crippen LogP contribution in [0.4, 0.5) is 14.9 Å². The van der Waals surface area contributed by atoms with E-state index in [1.165, 1.54) is 18.2 Å². The number of rotatable bonds is 9. The summed E-state index contributed by atoms with van der Waals surface area (Å²) in [5.41, 5.74) is 2.40. The van der Waals surface area contributed by atoms with Gasteiger partial charge < -0.3 is 14.8 Å². The van der Waals surface area contributed by atoms with Crippen molar-refractivity contribution < 1.29 is 28.2 Å². The Kier molecular flexibility index (Phi) is 8.70. The average Bonchev–Trinajstić information content (AvgIpc) is 3.14. The fourth-order valence-corrected chi connectivity index (χ4v) is 4.67. The van der Waals surface area contributed by atoms with E-state index < -0.39 is 17.0 Å². The summed E-state index contributed by atoms with van der Waals surface area (Å²) < 4.78 is 25.5. The topological polar surface area (TPSA) is 84.9 Å². The molecule has 3 aromatic rings. The lowest BCUT2D eigenvalue weighted by atomic mass is 10.1. The molecule has 1 aliphatic rings. The van der Waals surface area contributed by atoms with Crippen molar-refractivity contribution in [3.63, 3.8) is 0 Å². The van der Waals surface area contributed by atoms with E-state index in [0.29, 0.717) is 29.4 Å². The standard InChI is InChI=1S/C28H24ClFN2O5S/c1-3-36-24-13-18(9-12-23(24)37-16-26(33)31-19-10-7-17(2)8-11-19)14-25-27(34)32(28(35)38-25)15-20-21(29)5-4-6-22(20)30/h4-14H,3,15-16H2,1-2H3,(H,31,33)/b25-14+. The molecule has 0 aromatic heterocycles. The molecule has 0 radical (unpaired) electrons. The number of thioether (sulfide) groups is 1. The smallest absolute Gasteiger partial charge is 0.293 e. The molecule has 196 valence electrons. The third-order valence-corrected chi connectivity index (χ3v) is 6.77. The first-order valence-electron chi connectivity index (χ1n) is 11.7. The fraction of sp³-hybridized carbons (Fsp3) is 0.179. The lowest BCUT2D eigenvalue weighted by molar-refractivity contribution is -0.123. The highest BCUT2D eigenvalue weighted by Crippen LogP contribution is 2.36. The Morgan fingerprint density at radius 2 is 1.84 bits per heavy atom. The zero-order chi connectivity index (χ0) is 27.2. The zero-order valence-electron chi connectivity index (χ0n) is 20.6. The van der Waals surface area contributed by atoms with Gasteiger partial charge in [0.2, 0.25) is 0 Å². The van der Waals surface area contributed by atoms with Crippen LogP contribution >= 0.6 is 23.4 Å². The molecule has 4 rings (SSSR count). The van der Waals surface area contributed by atoms with Gasteiger partial charge in [0.15, 0.2) is 18.1 Å². The lowest BCUT2D eigenvalue weighted by Gasteiger charge is -2.14. The van der Waals surface area contributed by atoms with Gasteiger partial charge in [0.1, 0.15) is 5.82 Å². The molecule has 3 amide bonds. The summed E-state index contributed by atoms with van der Waals surface area (Å²) >= 11 is 6.82. The van der Waals surface area contributed by atoms with Gasteiger partial charge in [0.25, 0.3) is 17.1 Å². The number of amides is 3. The molecule has 1 fully saturated rings. The molecule has 0 aliphatic carbocycles. The minimum atomic E-state index is -0.593. The number of benzene rings is 3. The molecule has 1 saturated heterocycles. The molecule has 0 spiro atoms. The van der Waals surface area contributed by atoms with Crippen molar-refractivity contribution in [3.05, 3.63) is 93.1 Å². The second kappa shape index (κ2) is 12.1. The van der Waals surface area contributed by atoms with E-state index >= 15 is 0 Å². The molecule has 7 nitrogen and oxygen atoms in total. The number of carbonyl (C=O) groups is 3. The number of nitrogens with zero attached hydrogens (tertiary/aromatic N) is 1. The molecule has 1 aliphatic heterocycles. The second-order valence-corrected chi connectivity index (χ2v) is 9.71. The number of ether oxygens (including phenoxy) is 2. The van der Waals surface area contributed by atoms with Crippen LogP contribution < -0.4 is 14.8 Å². The van der Waals surface area contributed by atoms with Crippen molar-refractivity contribution in [2.24, 2.45) is 0 Å². The Morgan fingerprint density at radius 1 is 1.08 bits per heavy atom. The van der Waals surface area contributed by atoms with Gasteiger partial charge in [-0.15, -0.1) is 0 Å². The molecular weight excluding hydrogens is 531 g/mol. The maximum atomic E-state index is 14.2. The van der Waals surface area contributed by atoms with Crippen LogP contribution in [0.1, 0.15) is 23.6 Å². The first kappa shape index (κ1) is 27.2. The van der Waals surface area contributed by atoms with E-state index in [-0.39, 0.29) is 34.6 Å². The number of nitrogens with one attached hydrogen (secondary N) is 1. The van der Waals surface area contributed by atoms with Crippen LogP contribution in [-0.4, -0.2) is 35.2 Å². The first-order valence-corrected chi connectivity index (χ1v) is 12.9. The zero-order valence-corrected chi connectivity index (χ0v) is 22.2. The van der Waals surface area contributed by atoms with Crippen molar-refractivity contribution in [3.8, 4) is 11.5 Å². The molecule has 3 aromatic carbocycles. The molecule has 0 bridgehead atoms. The largest absolute Gasteiger partial charge is 0.490 e. The maximum absolute atomic E-state index is 14.2. The molecule has 10 heteroatoms. The summed E-state index contributed by atoms with van der Waals surface area (Å²) in [5, 5.41) is 2.38. The van der Waals surface area contributed by atoms with Crippen molar-refractivity contribution in [1.82, 2.24) is 4.90 Å². The highest BCUT2D eigenvalue weighted by molar-refractivity contribution is 8.18. The summed E-state index contributed by atoms with van der Waals surface area (Å²) in [6, 6.07) is 16.5. The quantitative estimate of drug-likeness (QED) is 0.306. The molecular formula is C28H24ClFN2O5S. The Labute approximate surface area is 228 Å². The third kappa shape index (κ3) is 6.54. The van der Waals surface area contributed by atoms with E-state index in [4.69, 9.17) is 21.1 Å². The summed E-state index contributed by atoms with van der Waals surface area (Å²) in [7, 11) is 0. The van der Waals surface area contributed by atoms with Gasteiger partial charge in [0.05, 0.1) is 18.1 Å². The monoisotopic (exact) mass is 554 g/mol. The van der Waals surface area contributed by atoms with Gasteiger partial charge in [0, 0.05) is 16.3 Å². The number of anilines is 1. The summed E-state index contributed by atoms with van der Waals surface area (Å²) in [4.78, 5) is 38.9. The fourth-order valence-electron chi connectivity index (χ4n) is 3.61. The van der Waals surface area contributed by atoms with Crippen molar-refractivity contribution in [1.29, 1.82) is 0 Å². The Bertz CT molecular complexity index is 1390. The molecule has 1 N–H and O–H groups in total. The van der Waals surface area contributed by atoms with Crippen molar-refractivity contribution in [2.45, 2.75) is 20.4 Å². The second-order valence-electron chi connectivity index (χ2n) is 8.31.